The zero-order chi connectivity index (χ0) is 11.5. The number of hydrogen-bond acceptors (Lipinski definition) is 4. The molecule has 0 aromatic carbocycles. The highest BCUT2D eigenvalue weighted by atomic mass is 16.1. The number of aryl methyl sites for hydroxylation is 1. The average Bonchev–Trinajstić information content (AvgIpc) is 2.78. The minimum atomic E-state index is -0.403. The van der Waals surface area contributed by atoms with E-state index >= 15 is 0 Å². The Bertz CT molecular complexity index is 430. The summed E-state index contributed by atoms with van der Waals surface area (Å²) in [6.45, 7) is 2.03. The molecular weight excluding hydrogens is 204 g/mol. The summed E-state index contributed by atoms with van der Waals surface area (Å²) in [5, 5.41) is 5.71. The number of carbonyl (C=O) groups is 1. The fourth-order valence-electron chi connectivity index (χ4n) is 1.66. The minimum absolute atomic E-state index is 0.374. The topological polar surface area (TPSA) is 71.6 Å². The maximum absolute atomic E-state index is 11.2. The molecule has 0 saturated heterocycles. The molecule has 1 atom stereocenters. The van der Waals surface area contributed by atoms with Crippen LogP contribution >= 0.6 is 0 Å². The van der Waals surface area contributed by atoms with E-state index < -0.39 is 6.04 Å². The molecular formula is C11H14N4O. The Balaban J connectivity index is 2.28. The molecule has 16 heavy (non-hydrogen) atoms. The van der Waals surface area contributed by atoms with E-state index in [1.165, 1.54) is 0 Å². The molecule has 1 aliphatic rings. The predicted molar refractivity (Wildman–Crippen MR) is 62.2 cm³/mol. The number of hydrazone groups is 1. The highest BCUT2D eigenvalue weighted by molar-refractivity contribution is 5.88. The van der Waals surface area contributed by atoms with E-state index in [1.54, 1.807) is 11.2 Å². The van der Waals surface area contributed by atoms with Gasteiger partial charge in [-0.25, -0.2) is 9.99 Å². The number of aromatic nitrogens is 1. The van der Waals surface area contributed by atoms with E-state index in [9.17, 15) is 4.79 Å². The first-order valence-electron chi connectivity index (χ1n) is 5.29. The summed E-state index contributed by atoms with van der Waals surface area (Å²) in [6, 6.07) is 5.28. The molecule has 84 valence electrons. The summed E-state index contributed by atoms with van der Waals surface area (Å²) >= 11 is 0. The number of anilines is 1. The predicted octanol–water partition coefficient (Wildman–Crippen LogP) is 0.694. The van der Waals surface area contributed by atoms with Gasteiger partial charge in [0, 0.05) is 18.3 Å². The summed E-state index contributed by atoms with van der Waals surface area (Å²) in [6.07, 6.45) is 3.09. The Morgan fingerprint density at radius 1 is 1.62 bits per heavy atom. The number of hydrogen-bond donors (Lipinski definition) is 1. The van der Waals surface area contributed by atoms with Crippen molar-refractivity contribution in [3.05, 3.63) is 23.9 Å². The SMILES string of the molecule is CCc1cccc(N2N=CCC2C(N)=O)n1. The van der Waals surface area contributed by atoms with Crippen molar-refractivity contribution < 1.29 is 4.79 Å². The molecule has 0 bridgehead atoms. The van der Waals surface area contributed by atoms with E-state index in [2.05, 4.69) is 10.1 Å². The first-order valence-corrected chi connectivity index (χ1v) is 5.29. The van der Waals surface area contributed by atoms with E-state index in [-0.39, 0.29) is 5.91 Å². The molecule has 0 aliphatic carbocycles. The van der Waals surface area contributed by atoms with Gasteiger partial charge in [-0.2, -0.15) is 5.10 Å². The van der Waals surface area contributed by atoms with Crippen LogP contribution in [-0.4, -0.2) is 23.1 Å². The Morgan fingerprint density at radius 2 is 2.44 bits per heavy atom. The van der Waals surface area contributed by atoms with Gasteiger partial charge in [0.05, 0.1) is 0 Å². The van der Waals surface area contributed by atoms with Crippen LogP contribution in [0.3, 0.4) is 0 Å². The molecule has 1 unspecified atom stereocenters. The number of carbonyl (C=O) groups excluding carboxylic acids is 1. The van der Waals surface area contributed by atoms with Crippen LogP contribution < -0.4 is 10.7 Å². The third-order valence-electron chi connectivity index (χ3n) is 2.55. The van der Waals surface area contributed by atoms with Crippen molar-refractivity contribution in [1.29, 1.82) is 0 Å². The fourth-order valence-corrected chi connectivity index (χ4v) is 1.66. The van der Waals surface area contributed by atoms with Crippen LogP contribution in [0.25, 0.3) is 0 Å². The van der Waals surface area contributed by atoms with Crippen LogP contribution in [0.5, 0.6) is 0 Å². The van der Waals surface area contributed by atoms with Gasteiger partial charge in [0.15, 0.2) is 0 Å². The van der Waals surface area contributed by atoms with E-state index in [0.717, 1.165) is 12.1 Å². The highest BCUT2D eigenvalue weighted by Gasteiger charge is 2.27. The zero-order valence-electron chi connectivity index (χ0n) is 9.13. The van der Waals surface area contributed by atoms with Crippen molar-refractivity contribution in [3.8, 4) is 0 Å². The monoisotopic (exact) mass is 218 g/mol. The number of primary amides is 1. The van der Waals surface area contributed by atoms with Gasteiger partial charge in [0.25, 0.3) is 0 Å². The lowest BCUT2D eigenvalue weighted by atomic mass is 10.2. The van der Waals surface area contributed by atoms with E-state index in [4.69, 9.17) is 5.73 Å². The molecule has 2 rings (SSSR count). The molecule has 1 aromatic heterocycles. The normalized spacial score (nSPS) is 19.1. The average molecular weight is 218 g/mol. The zero-order valence-corrected chi connectivity index (χ0v) is 9.13. The lowest BCUT2D eigenvalue weighted by Crippen LogP contribution is -2.39. The third-order valence-corrected chi connectivity index (χ3v) is 2.55. The summed E-state index contributed by atoms with van der Waals surface area (Å²) in [7, 11) is 0. The Hall–Kier alpha value is -1.91. The molecule has 0 radical (unpaired) electrons. The van der Waals surface area contributed by atoms with Crippen LogP contribution in [0.1, 0.15) is 19.0 Å². The molecule has 1 aliphatic heterocycles. The quantitative estimate of drug-likeness (QED) is 0.811. The first kappa shape index (κ1) is 10.6. The summed E-state index contributed by atoms with van der Waals surface area (Å²) in [5.41, 5.74) is 6.28. The second-order valence-electron chi connectivity index (χ2n) is 3.64. The van der Waals surface area contributed by atoms with Gasteiger partial charge in [0.1, 0.15) is 11.9 Å². The van der Waals surface area contributed by atoms with Crippen molar-refractivity contribution in [2.75, 3.05) is 5.01 Å². The summed E-state index contributed by atoms with van der Waals surface area (Å²) < 4.78 is 0. The second kappa shape index (κ2) is 4.30. The Labute approximate surface area is 94.0 Å². The Morgan fingerprint density at radius 3 is 3.12 bits per heavy atom. The van der Waals surface area contributed by atoms with Crippen molar-refractivity contribution in [2.24, 2.45) is 10.8 Å². The molecule has 2 N–H and O–H groups in total. The molecule has 0 spiro atoms. The van der Waals surface area contributed by atoms with Gasteiger partial charge in [-0.15, -0.1) is 0 Å². The van der Waals surface area contributed by atoms with Crippen LogP contribution in [0, 0.1) is 0 Å². The largest absolute Gasteiger partial charge is 0.368 e. The number of nitrogens with zero attached hydrogens (tertiary/aromatic N) is 3. The smallest absolute Gasteiger partial charge is 0.242 e. The van der Waals surface area contributed by atoms with Crippen molar-refractivity contribution in [2.45, 2.75) is 25.8 Å². The second-order valence-corrected chi connectivity index (χ2v) is 3.64. The molecule has 0 fully saturated rings. The standard InChI is InChI=1S/C11H14N4O/c1-2-8-4-3-5-10(14-8)15-9(11(12)16)6-7-13-15/h3-5,7,9H,2,6H2,1H3,(H2,12,16). The maximum Gasteiger partial charge on any atom is 0.242 e. The molecule has 1 amide bonds. The minimum Gasteiger partial charge on any atom is -0.368 e. The lowest BCUT2D eigenvalue weighted by molar-refractivity contribution is -0.119. The van der Waals surface area contributed by atoms with E-state index in [0.29, 0.717) is 12.2 Å². The number of rotatable bonds is 3. The van der Waals surface area contributed by atoms with Crippen molar-refractivity contribution in [3.63, 3.8) is 0 Å². The van der Waals surface area contributed by atoms with Crippen molar-refractivity contribution in [1.82, 2.24) is 4.98 Å². The number of nitrogens with two attached hydrogens (primary N) is 1. The number of pyridine rings is 1. The van der Waals surface area contributed by atoms with Gasteiger partial charge >= 0.3 is 0 Å². The lowest BCUT2D eigenvalue weighted by Gasteiger charge is -2.20. The van der Waals surface area contributed by atoms with Crippen molar-refractivity contribution >= 4 is 17.9 Å². The molecule has 5 heteroatoms. The maximum atomic E-state index is 11.2. The summed E-state index contributed by atoms with van der Waals surface area (Å²) in [4.78, 5) is 15.6. The molecule has 1 aromatic rings. The third kappa shape index (κ3) is 1.88. The fraction of sp³-hybridized carbons (Fsp3) is 0.364. The van der Waals surface area contributed by atoms with Crippen LogP contribution in [-0.2, 0) is 11.2 Å². The van der Waals surface area contributed by atoms with Gasteiger partial charge < -0.3 is 5.73 Å². The number of amides is 1. The van der Waals surface area contributed by atoms with Gasteiger partial charge in [0.2, 0.25) is 5.91 Å². The van der Waals surface area contributed by atoms with Crippen LogP contribution in [0.2, 0.25) is 0 Å². The van der Waals surface area contributed by atoms with Gasteiger partial charge in [-0.3, -0.25) is 4.79 Å². The Kier molecular flexibility index (Phi) is 2.85. The van der Waals surface area contributed by atoms with Gasteiger partial charge in [-0.1, -0.05) is 13.0 Å². The summed E-state index contributed by atoms with van der Waals surface area (Å²) in [5.74, 6) is 0.304. The van der Waals surface area contributed by atoms with E-state index in [1.807, 2.05) is 25.1 Å². The molecule has 0 saturated carbocycles. The molecule has 5 nitrogen and oxygen atoms in total. The van der Waals surface area contributed by atoms with Crippen LogP contribution in [0.15, 0.2) is 23.3 Å². The van der Waals surface area contributed by atoms with Gasteiger partial charge in [-0.05, 0) is 18.6 Å². The highest BCUT2D eigenvalue weighted by Crippen LogP contribution is 2.20. The first-order chi connectivity index (χ1) is 7.72. The molecule has 2 heterocycles. The van der Waals surface area contributed by atoms with Crippen LogP contribution in [0.4, 0.5) is 5.82 Å².